The summed E-state index contributed by atoms with van der Waals surface area (Å²) in [5.74, 6) is -3.07. The van der Waals surface area contributed by atoms with Crippen molar-refractivity contribution >= 4 is 11.9 Å². The number of aliphatic carboxylic acids is 1. The van der Waals surface area contributed by atoms with Gasteiger partial charge in [0.25, 0.3) is 0 Å². The molecule has 6 heteroatoms. The molecule has 0 aliphatic heterocycles. The van der Waals surface area contributed by atoms with Crippen LogP contribution in [0.1, 0.15) is 33.9 Å². The molecule has 0 aliphatic rings. The van der Waals surface area contributed by atoms with E-state index in [9.17, 15) is 14.0 Å². The van der Waals surface area contributed by atoms with Crippen molar-refractivity contribution < 1.29 is 24.2 Å². The minimum atomic E-state index is -1.20. The lowest BCUT2D eigenvalue weighted by Gasteiger charge is -2.12. The second-order valence-corrected chi connectivity index (χ2v) is 3.70. The van der Waals surface area contributed by atoms with E-state index < -0.39 is 30.2 Å². The Bertz CT molecular complexity index is 473. The quantitative estimate of drug-likeness (QED) is 0.737. The molecule has 92 valence electrons. The van der Waals surface area contributed by atoms with Crippen molar-refractivity contribution in [2.75, 3.05) is 0 Å². The van der Waals surface area contributed by atoms with Gasteiger partial charge in [0.2, 0.25) is 0 Å². The number of aromatic carboxylic acids is 1. The third-order valence-electron chi connectivity index (χ3n) is 2.37. The van der Waals surface area contributed by atoms with Crippen LogP contribution in [-0.4, -0.2) is 22.2 Å². The predicted octanol–water partition coefficient (Wildman–Crippen LogP) is 1.31. The SMILES string of the molecule is Cc1cc(F)c(C(N)CC(=O)O)cc1C(=O)O. The number of halogens is 1. The summed E-state index contributed by atoms with van der Waals surface area (Å²) >= 11 is 0. The minimum absolute atomic E-state index is 0.0813. The number of rotatable bonds is 4. The summed E-state index contributed by atoms with van der Waals surface area (Å²) in [6.07, 6.45) is -0.459. The van der Waals surface area contributed by atoms with Gasteiger partial charge in [-0.05, 0) is 24.6 Å². The molecule has 5 nitrogen and oxygen atoms in total. The summed E-state index contributed by atoms with van der Waals surface area (Å²) in [5.41, 5.74) is 5.58. The third-order valence-corrected chi connectivity index (χ3v) is 2.37. The lowest BCUT2D eigenvalue weighted by Crippen LogP contribution is -2.17. The minimum Gasteiger partial charge on any atom is -0.481 e. The molecule has 0 bridgehead atoms. The second kappa shape index (κ2) is 4.92. The van der Waals surface area contributed by atoms with E-state index in [1.54, 1.807) is 0 Å². The van der Waals surface area contributed by atoms with E-state index in [0.717, 1.165) is 12.1 Å². The van der Waals surface area contributed by atoms with E-state index in [0.29, 0.717) is 0 Å². The van der Waals surface area contributed by atoms with Crippen molar-refractivity contribution in [3.8, 4) is 0 Å². The maximum Gasteiger partial charge on any atom is 0.335 e. The first-order chi connectivity index (χ1) is 7.82. The first-order valence-electron chi connectivity index (χ1n) is 4.83. The van der Waals surface area contributed by atoms with Gasteiger partial charge in [0, 0.05) is 11.6 Å². The molecule has 0 fully saturated rings. The van der Waals surface area contributed by atoms with Gasteiger partial charge in [-0.25, -0.2) is 9.18 Å². The molecule has 0 heterocycles. The zero-order valence-electron chi connectivity index (χ0n) is 9.11. The molecule has 1 unspecified atom stereocenters. The van der Waals surface area contributed by atoms with Crippen molar-refractivity contribution in [1.82, 2.24) is 0 Å². The Kier molecular flexibility index (Phi) is 3.80. The molecular formula is C11H12FNO4. The number of carbonyl (C=O) groups is 2. The van der Waals surface area contributed by atoms with E-state index in [2.05, 4.69) is 0 Å². The zero-order chi connectivity index (χ0) is 13.2. The van der Waals surface area contributed by atoms with Crippen molar-refractivity contribution in [1.29, 1.82) is 0 Å². The van der Waals surface area contributed by atoms with E-state index in [1.165, 1.54) is 6.92 Å². The molecule has 0 saturated carbocycles. The van der Waals surface area contributed by atoms with E-state index in [1.807, 2.05) is 0 Å². The largest absolute Gasteiger partial charge is 0.481 e. The summed E-state index contributed by atoms with van der Waals surface area (Å²) < 4.78 is 13.5. The van der Waals surface area contributed by atoms with Gasteiger partial charge in [-0.2, -0.15) is 0 Å². The molecule has 1 aromatic carbocycles. The van der Waals surface area contributed by atoms with Crippen LogP contribution in [0, 0.1) is 12.7 Å². The number of aryl methyl sites for hydroxylation is 1. The molecule has 0 saturated heterocycles. The lowest BCUT2D eigenvalue weighted by molar-refractivity contribution is -0.137. The van der Waals surface area contributed by atoms with Gasteiger partial charge >= 0.3 is 11.9 Å². The standard InChI is InChI=1S/C11H12FNO4/c1-5-2-8(12)7(3-6(5)11(16)17)9(13)4-10(14)15/h2-3,9H,4,13H2,1H3,(H,14,15)(H,16,17). The Morgan fingerprint density at radius 2 is 2.00 bits per heavy atom. The molecule has 0 aromatic heterocycles. The average Bonchev–Trinajstić information content (AvgIpc) is 2.15. The van der Waals surface area contributed by atoms with Crippen LogP contribution in [-0.2, 0) is 4.79 Å². The number of benzene rings is 1. The fourth-order valence-electron chi connectivity index (χ4n) is 1.50. The summed E-state index contributed by atoms with van der Waals surface area (Å²) in [5, 5.41) is 17.4. The number of carboxylic acids is 2. The fourth-order valence-corrected chi connectivity index (χ4v) is 1.50. The Balaban J connectivity index is 3.19. The molecule has 17 heavy (non-hydrogen) atoms. The van der Waals surface area contributed by atoms with Crippen molar-refractivity contribution in [2.45, 2.75) is 19.4 Å². The first-order valence-corrected chi connectivity index (χ1v) is 4.83. The molecule has 1 rings (SSSR count). The average molecular weight is 241 g/mol. The molecule has 4 N–H and O–H groups in total. The van der Waals surface area contributed by atoms with Crippen molar-refractivity contribution in [3.63, 3.8) is 0 Å². The van der Waals surface area contributed by atoms with Crippen LogP contribution in [0.25, 0.3) is 0 Å². The number of nitrogens with two attached hydrogens (primary N) is 1. The maximum absolute atomic E-state index is 13.5. The third kappa shape index (κ3) is 3.01. The summed E-state index contributed by atoms with van der Waals surface area (Å²) in [6.45, 7) is 1.46. The monoisotopic (exact) mass is 241 g/mol. The van der Waals surface area contributed by atoms with Gasteiger partial charge in [0.1, 0.15) is 5.82 Å². The highest BCUT2D eigenvalue weighted by Gasteiger charge is 2.18. The van der Waals surface area contributed by atoms with Gasteiger partial charge in [-0.15, -0.1) is 0 Å². The number of carboxylic acid groups (broad SMARTS) is 2. The van der Waals surface area contributed by atoms with E-state index >= 15 is 0 Å². The number of hydrogen-bond acceptors (Lipinski definition) is 3. The maximum atomic E-state index is 13.5. The predicted molar refractivity (Wildman–Crippen MR) is 57.3 cm³/mol. The first kappa shape index (κ1) is 13.1. The van der Waals surface area contributed by atoms with Gasteiger partial charge in [0.05, 0.1) is 12.0 Å². The normalized spacial score (nSPS) is 12.2. The van der Waals surface area contributed by atoms with Crippen molar-refractivity contribution in [3.05, 3.63) is 34.6 Å². The van der Waals surface area contributed by atoms with Gasteiger partial charge in [0.15, 0.2) is 0 Å². The summed E-state index contributed by atoms with van der Waals surface area (Å²) in [7, 11) is 0. The molecular weight excluding hydrogens is 229 g/mol. The van der Waals surface area contributed by atoms with Gasteiger partial charge in [-0.1, -0.05) is 0 Å². The second-order valence-electron chi connectivity index (χ2n) is 3.70. The van der Waals surface area contributed by atoms with Gasteiger partial charge in [-0.3, -0.25) is 4.79 Å². The molecule has 0 aliphatic carbocycles. The molecule has 1 atom stereocenters. The van der Waals surface area contributed by atoms with E-state index in [4.69, 9.17) is 15.9 Å². The van der Waals surface area contributed by atoms with Gasteiger partial charge < -0.3 is 15.9 Å². The Hall–Kier alpha value is -1.95. The van der Waals surface area contributed by atoms with Crippen LogP contribution >= 0.6 is 0 Å². The van der Waals surface area contributed by atoms with Crippen LogP contribution in [0.5, 0.6) is 0 Å². The Morgan fingerprint density at radius 3 is 2.47 bits per heavy atom. The van der Waals surface area contributed by atoms with E-state index in [-0.39, 0.29) is 16.7 Å². The van der Waals surface area contributed by atoms with Crippen LogP contribution in [0.2, 0.25) is 0 Å². The molecule has 0 amide bonds. The van der Waals surface area contributed by atoms with Crippen molar-refractivity contribution in [2.24, 2.45) is 5.73 Å². The molecule has 0 spiro atoms. The molecule has 0 radical (unpaired) electrons. The number of hydrogen-bond donors (Lipinski definition) is 3. The zero-order valence-corrected chi connectivity index (χ0v) is 9.11. The summed E-state index contributed by atoms with van der Waals surface area (Å²) in [4.78, 5) is 21.3. The Labute approximate surface area is 96.7 Å². The Morgan fingerprint density at radius 1 is 1.41 bits per heavy atom. The highest BCUT2D eigenvalue weighted by Crippen LogP contribution is 2.22. The highest BCUT2D eigenvalue weighted by molar-refractivity contribution is 5.89. The topological polar surface area (TPSA) is 101 Å². The smallest absolute Gasteiger partial charge is 0.335 e. The highest BCUT2D eigenvalue weighted by atomic mass is 19.1. The van der Waals surface area contributed by atoms with Crippen LogP contribution in [0.3, 0.4) is 0 Å². The lowest BCUT2D eigenvalue weighted by atomic mass is 9.98. The summed E-state index contributed by atoms with van der Waals surface area (Å²) in [6, 6.07) is 1.06. The fraction of sp³-hybridized carbons (Fsp3) is 0.273. The van der Waals surface area contributed by atoms with Crippen LogP contribution < -0.4 is 5.73 Å². The van der Waals surface area contributed by atoms with Crippen LogP contribution in [0.15, 0.2) is 12.1 Å². The molecule has 1 aromatic rings. The van der Waals surface area contributed by atoms with Crippen LogP contribution in [0.4, 0.5) is 4.39 Å².